The molecule has 0 saturated heterocycles. The number of carbonyl (C=O) groups is 2. The summed E-state index contributed by atoms with van der Waals surface area (Å²) >= 11 is 0. The first-order valence-electron chi connectivity index (χ1n) is 10.4. The highest BCUT2D eigenvalue weighted by Crippen LogP contribution is 2.38. The maximum absolute atomic E-state index is 13.5. The molecule has 2 rings (SSSR count). The smallest absolute Gasteiger partial charge is 0.416 e. The lowest BCUT2D eigenvalue weighted by Crippen LogP contribution is -2.35. The highest BCUT2D eigenvalue weighted by molar-refractivity contribution is 5.79. The molecule has 0 saturated carbocycles. The van der Waals surface area contributed by atoms with Gasteiger partial charge in [-0.05, 0) is 43.3 Å². The quantitative estimate of drug-likeness (QED) is 0.337. The number of aldehydes is 1. The number of carbonyl (C=O) groups excluding carboxylic acids is 2. The Morgan fingerprint density at radius 3 is 2.53 bits per heavy atom. The van der Waals surface area contributed by atoms with Crippen LogP contribution < -0.4 is 20.1 Å². The zero-order valence-electron chi connectivity index (χ0n) is 18.7. The van der Waals surface area contributed by atoms with Crippen LogP contribution in [0.4, 0.5) is 17.6 Å². The molecule has 0 aliphatic carbocycles. The third kappa shape index (κ3) is 8.09. The zero-order chi connectivity index (χ0) is 25.1. The molecule has 0 fully saturated rings. The Kier molecular flexibility index (Phi) is 9.91. The van der Waals surface area contributed by atoms with E-state index in [1.165, 1.54) is 13.2 Å². The molecule has 0 aromatic heterocycles. The van der Waals surface area contributed by atoms with Crippen molar-refractivity contribution in [3.63, 3.8) is 0 Å². The van der Waals surface area contributed by atoms with Crippen molar-refractivity contribution in [3.05, 3.63) is 65.6 Å². The molecule has 2 aromatic carbocycles. The van der Waals surface area contributed by atoms with Gasteiger partial charge in [0.2, 0.25) is 5.91 Å². The van der Waals surface area contributed by atoms with Gasteiger partial charge in [-0.15, -0.1) is 0 Å². The van der Waals surface area contributed by atoms with Crippen LogP contribution in [-0.4, -0.2) is 32.4 Å². The molecule has 1 unspecified atom stereocenters. The monoisotopic (exact) mass is 482 g/mol. The van der Waals surface area contributed by atoms with E-state index in [4.69, 9.17) is 9.47 Å². The van der Waals surface area contributed by atoms with E-state index in [0.29, 0.717) is 12.8 Å². The second-order valence-electron chi connectivity index (χ2n) is 7.33. The predicted octanol–water partition coefficient (Wildman–Crippen LogP) is 4.78. The molecule has 34 heavy (non-hydrogen) atoms. The summed E-state index contributed by atoms with van der Waals surface area (Å²) in [4.78, 5) is 23.4. The number of ether oxygens (including phenoxy) is 2. The first-order valence-corrected chi connectivity index (χ1v) is 10.4. The number of benzene rings is 2. The second-order valence-corrected chi connectivity index (χ2v) is 7.33. The van der Waals surface area contributed by atoms with Gasteiger partial charge in [-0.3, -0.25) is 4.79 Å². The molecule has 0 aliphatic heterocycles. The molecule has 2 aromatic rings. The van der Waals surface area contributed by atoms with Crippen LogP contribution in [0.15, 0.2) is 48.7 Å². The van der Waals surface area contributed by atoms with Gasteiger partial charge in [0.05, 0.1) is 19.1 Å². The Bertz CT molecular complexity index is 1010. The van der Waals surface area contributed by atoms with E-state index in [2.05, 4.69) is 10.6 Å². The number of methoxy groups -OCH3 is 1. The van der Waals surface area contributed by atoms with Crippen LogP contribution in [0.25, 0.3) is 0 Å². The Hall–Kier alpha value is -3.56. The van der Waals surface area contributed by atoms with Crippen molar-refractivity contribution in [2.24, 2.45) is 0 Å². The van der Waals surface area contributed by atoms with E-state index < -0.39 is 23.5 Å². The standard InChI is InChI=1S/C24H26F4N2O4/c1-29-11-3-5-19(6-4-12-31)30-23(32)13-16-7-8-17(24(26,27)28)14-21(16)34-20-10-9-18(25)15-22(20)33-2/h3,7-12,14-15,19,29H,4-6,13H2,1-2H3,(H,30,32)/b11-3-. The summed E-state index contributed by atoms with van der Waals surface area (Å²) in [6.07, 6.45) is 0.447. The lowest BCUT2D eigenvalue weighted by Gasteiger charge is -2.18. The molecular formula is C24H26F4N2O4. The number of hydrogen-bond donors (Lipinski definition) is 2. The fraction of sp³-hybridized carbons (Fsp3) is 0.333. The molecule has 6 nitrogen and oxygen atoms in total. The van der Waals surface area contributed by atoms with Crippen LogP contribution in [0, 0.1) is 5.82 Å². The van der Waals surface area contributed by atoms with Gasteiger partial charge in [0.1, 0.15) is 17.9 Å². The first kappa shape index (κ1) is 26.7. The van der Waals surface area contributed by atoms with Crippen LogP contribution in [0.5, 0.6) is 17.2 Å². The average Bonchev–Trinajstić information content (AvgIpc) is 2.78. The van der Waals surface area contributed by atoms with Crippen molar-refractivity contribution >= 4 is 12.2 Å². The van der Waals surface area contributed by atoms with Crippen molar-refractivity contribution in [1.82, 2.24) is 10.6 Å². The van der Waals surface area contributed by atoms with E-state index in [-0.39, 0.29) is 41.7 Å². The molecule has 1 atom stereocenters. The third-order valence-corrected chi connectivity index (χ3v) is 4.79. The number of halogens is 4. The fourth-order valence-electron chi connectivity index (χ4n) is 3.14. The minimum atomic E-state index is -4.63. The number of amides is 1. The Morgan fingerprint density at radius 2 is 1.88 bits per heavy atom. The van der Waals surface area contributed by atoms with E-state index in [0.717, 1.165) is 36.6 Å². The van der Waals surface area contributed by atoms with Gasteiger partial charge < -0.3 is 24.9 Å². The van der Waals surface area contributed by atoms with Crippen molar-refractivity contribution in [2.75, 3.05) is 14.2 Å². The summed E-state index contributed by atoms with van der Waals surface area (Å²) < 4.78 is 64.0. The largest absolute Gasteiger partial charge is 0.493 e. The molecule has 2 N–H and O–H groups in total. The van der Waals surface area contributed by atoms with Crippen molar-refractivity contribution < 1.29 is 36.6 Å². The van der Waals surface area contributed by atoms with E-state index in [9.17, 15) is 27.2 Å². The van der Waals surface area contributed by atoms with Gasteiger partial charge >= 0.3 is 6.18 Å². The number of rotatable bonds is 12. The van der Waals surface area contributed by atoms with E-state index >= 15 is 0 Å². The molecule has 0 spiro atoms. The topological polar surface area (TPSA) is 76.7 Å². The Morgan fingerprint density at radius 1 is 1.12 bits per heavy atom. The minimum Gasteiger partial charge on any atom is -0.493 e. The summed E-state index contributed by atoms with van der Waals surface area (Å²) in [6, 6.07) is 5.80. The summed E-state index contributed by atoms with van der Waals surface area (Å²) in [5.74, 6) is -1.30. The number of alkyl halides is 3. The van der Waals surface area contributed by atoms with E-state index in [1.54, 1.807) is 19.3 Å². The van der Waals surface area contributed by atoms with Crippen LogP contribution in [-0.2, 0) is 22.2 Å². The highest BCUT2D eigenvalue weighted by atomic mass is 19.4. The third-order valence-electron chi connectivity index (χ3n) is 4.79. The molecule has 0 aliphatic rings. The number of hydrogen-bond acceptors (Lipinski definition) is 5. The van der Waals surface area contributed by atoms with Crippen LogP contribution in [0.3, 0.4) is 0 Å². The molecular weight excluding hydrogens is 456 g/mol. The second kappa shape index (κ2) is 12.6. The molecule has 184 valence electrons. The molecule has 1 amide bonds. The van der Waals surface area contributed by atoms with Crippen LogP contribution in [0.2, 0.25) is 0 Å². The predicted molar refractivity (Wildman–Crippen MR) is 118 cm³/mol. The Labute approximate surface area is 194 Å². The maximum Gasteiger partial charge on any atom is 0.416 e. The first-order chi connectivity index (χ1) is 16.2. The van der Waals surface area contributed by atoms with Crippen molar-refractivity contribution in [2.45, 2.75) is 37.9 Å². The lowest BCUT2D eigenvalue weighted by molar-refractivity contribution is -0.137. The van der Waals surface area contributed by atoms with Gasteiger partial charge in [-0.25, -0.2) is 4.39 Å². The van der Waals surface area contributed by atoms with Gasteiger partial charge in [0.25, 0.3) is 0 Å². The van der Waals surface area contributed by atoms with Crippen molar-refractivity contribution in [3.8, 4) is 17.2 Å². The SMILES string of the molecule is CN/C=C\CC(CCC=O)NC(=O)Cc1ccc(C(F)(F)F)cc1Oc1ccc(F)cc1OC. The summed E-state index contributed by atoms with van der Waals surface area (Å²) in [5.41, 5.74) is -0.773. The molecule has 0 radical (unpaired) electrons. The highest BCUT2D eigenvalue weighted by Gasteiger charge is 2.31. The summed E-state index contributed by atoms with van der Waals surface area (Å²) in [6.45, 7) is 0. The summed E-state index contributed by atoms with van der Waals surface area (Å²) in [5, 5.41) is 5.62. The number of nitrogens with one attached hydrogen (secondary N) is 2. The van der Waals surface area contributed by atoms with Gasteiger partial charge in [-0.2, -0.15) is 13.2 Å². The Balaban J connectivity index is 2.30. The van der Waals surface area contributed by atoms with E-state index in [1.807, 2.05) is 0 Å². The molecule has 0 heterocycles. The van der Waals surface area contributed by atoms with Gasteiger partial charge in [0, 0.05) is 31.1 Å². The average molecular weight is 482 g/mol. The lowest BCUT2D eigenvalue weighted by atomic mass is 10.0. The fourth-order valence-corrected chi connectivity index (χ4v) is 3.14. The molecule has 10 heteroatoms. The maximum atomic E-state index is 13.5. The summed E-state index contributed by atoms with van der Waals surface area (Å²) in [7, 11) is 2.99. The van der Waals surface area contributed by atoms with Crippen molar-refractivity contribution in [1.29, 1.82) is 0 Å². The normalized spacial score (nSPS) is 12.3. The minimum absolute atomic E-state index is 0.00838. The van der Waals surface area contributed by atoms with Gasteiger partial charge in [-0.1, -0.05) is 12.1 Å². The van der Waals surface area contributed by atoms with Crippen LogP contribution in [0.1, 0.15) is 30.4 Å². The van der Waals surface area contributed by atoms with Gasteiger partial charge in [0.15, 0.2) is 11.5 Å². The zero-order valence-corrected chi connectivity index (χ0v) is 18.7. The molecule has 0 bridgehead atoms. The van der Waals surface area contributed by atoms with Crippen LogP contribution >= 0.6 is 0 Å².